The molecule has 0 N–H and O–H groups in total. The molecule has 1 aliphatic heterocycles. The number of carbonyl (C=O) groups excluding carboxylic acids is 1. The summed E-state index contributed by atoms with van der Waals surface area (Å²) in [5.41, 5.74) is 0.0994. The smallest absolute Gasteiger partial charge is 0.350 e. The lowest BCUT2D eigenvalue weighted by atomic mass is 10.2. The maximum absolute atomic E-state index is 12.6. The summed E-state index contributed by atoms with van der Waals surface area (Å²) in [6.45, 7) is 4.17. The molecule has 0 aliphatic carbocycles. The molecule has 0 saturated carbocycles. The van der Waals surface area contributed by atoms with Crippen molar-refractivity contribution >= 4 is 29.2 Å². The zero-order valence-electron chi connectivity index (χ0n) is 14.5. The number of hydrogen-bond acceptors (Lipinski definition) is 5. The topological polar surface area (TPSA) is 75.3 Å². The molecule has 1 aromatic carbocycles. The fourth-order valence-electron chi connectivity index (χ4n) is 2.83. The van der Waals surface area contributed by atoms with Gasteiger partial charge in [0.2, 0.25) is 0 Å². The maximum atomic E-state index is 12.6. The normalized spacial score (nSPS) is 14.6. The Labute approximate surface area is 160 Å². The van der Waals surface area contributed by atoms with Crippen LogP contribution in [-0.4, -0.2) is 33.0 Å². The van der Waals surface area contributed by atoms with Crippen LogP contribution < -0.4 is 10.4 Å². The number of carbonyl (C=O) groups is 1. The largest absolute Gasteiger partial charge is 0.477 e. The number of esters is 1. The van der Waals surface area contributed by atoms with Crippen LogP contribution in [0, 0.1) is 0 Å². The first-order chi connectivity index (χ1) is 12.4. The third-order valence-electron chi connectivity index (χ3n) is 4.12. The van der Waals surface area contributed by atoms with E-state index in [9.17, 15) is 9.59 Å². The summed E-state index contributed by atoms with van der Waals surface area (Å²) in [6.07, 6.45) is 1.83. The van der Waals surface area contributed by atoms with Gasteiger partial charge < -0.3 is 9.47 Å². The van der Waals surface area contributed by atoms with Gasteiger partial charge in [0.1, 0.15) is 11.6 Å². The van der Waals surface area contributed by atoms with Crippen molar-refractivity contribution in [2.75, 3.05) is 6.61 Å². The number of aromatic nitrogens is 3. The van der Waals surface area contributed by atoms with Gasteiger partial charge in [0.25, 0.3) is 0 Å². The Balaban J connectivity index is 1.98. The minimum absolute atomic E-state index is 0.226. The van der Waals surface area contributed by atoms with Gasteiger partial charge in [-0.3, -0.25) is 4.57 Å². The monoisotopic (exact) mass is 399 g/mol. The van der Waals surface area contributed by atoms with E-state index in [1.165, 1.54) is 16.8 Å². The highest BCUT2D eigenvalue weighted by atomic mass is 35.5. The Morgan fingerprint density at radius 1 is 1.31 bits per heavy atom. The van der Waals surface area contributed by atoms with Crippen LogP contribution >= 0.6 is 23.2 Å². The van der Waals surface area contributed by atoms with E-state index < -0.39 is 12.1 Å². The van der Waals surface area contributed by atoms with Gasteiger partial charge in [-0.1, -0.05) is 23.2 Å². The number of ether oxygens (including phenoxy) is 2. The van der Waals surface area contributed by atoms with Gasteiger partial charge in [-0.15, -0.1) is 5.10 Å². The number of benzene rings is 1. The average Bonchev–Trinajstić information content (AvgIpc) is 2.94. The van der Waals surface area contributed by atoms with Crippen molar-refractivity contribution in [3.8, 4) is 11.4 Å². The third kappa shape index (κ3) is 3.59. The number of fused-ring (bicyclic) bond motifs is 1. The van der Waals surface area contributed by atoms with E-state index in [4.69, 9.17) is 32.7 Å². The zero-order chi connectivity index (χ0) is 18.8. The molecule has 1 unspecified atom stereocenters. The molecule has 0 bridgehead atoms. The number of rotatable bonds is 5. The van der Waals surface area contributed by atoms with E-state index in [1.807, 2.05) is 0 Å². The first-order valence-corrected chi connectivity index (χ1v) is 9.19. The minimum Gasteiger partial charge on any atom is -0.477 e. The molecule has 0 radical (unpaired) electrons. The second-order valence-electron chi connectivity index (χ2n) is 5.97. The number of nitrogens with zero attached hydrogens (tertiary/aromatic N) is 3. The fourth-order valence-corrected chi connectivity index (χ4v) is 3.33. The lowest BCUT2D eigenvalue weighted by Crippen LogP contribution is -2.27. The first kappa shape index (κ1) is 18.8. The van der Waals surface area contributed by atoms with Crippen LogP contribution in [0.4, 0.5) is 0 Å². The highest BCUT2D eigenvalue weighted by Gasteiger charge is 2.22. The number of halogens is 2. The molecule has 0 spiro atoms. The van der Waals surface area contributed by atoms with Crippen LogP contribution in [0.1, 0.15) is 32.5 Å². The third-order valence-corrected chi connectivity index (χ3v) is 4.72. The summed E-state index contributed by atoms with van der Waals surface area (Å²) in [5, 5.41) is 4.88. The van der Waals surface area contributed by atoms with E-state index in [1.54, 1.807) is 18.4 Å². The van der Waals surface area contributed by atoms with Crippen molar-refractivity contribution in [1.29, 1.82) is 0 Å². The van der Waals surface area contributed by atoms with Crippen molar-refractivity contribution in [1.82, 2.24) is 14.3 Å². The molecule has 1 atom stereocenters. The summed E-state index contributed by atoms with van der Waals surface area (Å²) in [4.78, 5) is 24.4. The number of aryl methyl sites for hydroxylation is 1. The van der Waals surface area contributed by atoms with Crippen LogP contribution in [0.25, 0.3) is 5.69 Å². The van der Waals surface area contributed by atoms with E-state index in [0.717, 1.165) is 25.1 Å². The first-order valence-electron chi connectivity index (χ1n) is 8.43. The molecule has 26 heavy (non-hydrogen) atoms. The SMILES string of the molecule is CCOC(=O)C(C)Oc1cc(-n2nc3n(c2=O)CCCC3)c(Cl)cc1Cl. The molecule has 3 rings (SSSR count). The summed E-state index contributed by atoms with van der Waals surface area (Å²) in [5.74, 6) is 0.453. The molecule has 2 aromatic rings. The quantitative estimate of drug-likeness (QED) is 0.722. The standard InChI is InChI=1S/C17H19Cl2N3O4/c1-3-25-16(23)10(2)26-14-9-13(11(18)8-12(14)19)22-17(24)21-7-5-4-6-15(21)20-22/h8-10H,3-7H2,1-2H3. The predicted molar refractivity (Wildman–Crippen MR) is 97.5 cm³/mol. The van der Waals surface area contributed by atoms with Crippen LogP contribution in [0.2, 0.25) is 10.0 Å². The molecule has 140 valence electrons. The molecule has 2 heterocycles. The number of hydrogen-bond donors (Lipinski definition) is 0. The Morgan fingerprint density at radius 2 is 2.08 bits per heavy atom. The summed E-state index contributed by atoms with van der Waals surface area (Å²) >= 11 is 12.5. The summed E-state index contributed by atoms with van der Waals surface area (Å²) in [6, 6.07) is 2.98. The minimum atomic E-state index is -0.853. The van der Waals surface area contributed by atoms with Crippen molar-refractivity contribution in [3.63, 3.8) is 0 Å². The van der Waals surface area contributed by atoms with Crippen molar-refractivity contribution in [3.05, 3.63) is 38.5 Å². The summed E-state index contributed by atoms with van der Waals surface area (Å²) in [7, 11) is 0. The lowest BCUT2D eigenvalue weighted by molar-refractivity contribution is -0.150. The van der Waals surface area contributed by atoms with Gasteiger partial charge in [-0.05, 0) is 32.8 Å². The Hall–Kier alpha value is -1.99. The van der Waals surface area contributed by atoms with Gasteiger partial charge in [0, 0.05) is 19.0 Å². The van der Waals surface area contributed by atoms with Crippen LogP contribution in [0.5, 0.6) is 5.75 Å². The lowest BCUT2D eigenvalue weighted by Gasteiger charge is -2.15. The summed E-state index contributed by atoms with van der Waals surface area (Å²) < 4.78 is 13.4. The van der Waals surface area contributed by atoms with E-state index >= 15 is 0 Å². The highest BCUT2D eigenvalue weighted by Crippen LogP contribution is 2.33. The molecule has 7 nitrogen and oxygen atoms in total. The molecule has 1 aromatic heterocycles. The maximum Gasteiger partial charge on any atom is 0.350 e. The Bertz CT molecular complexity index is 891. The van der Waals surface area contributed by atoms with Crippen molar-refractivity contribution in [2.24, 2.45) is 0 Å². The Kier molecular flexibility index (Phi) is 5.58. The molecule has 0 fully saturated rings. The average molecular weight is 400 g/mol. The van der Waals surface area contributed by atoms with Gasteiger partial charge in [0.15, 0.2) is 6.10 Å². The fraction of sp³-hybridized carbons (Fsp3) is 0.471. The van der Waals surface area contributed by atoms with E-state index in [-0.39, 0.29) is 28.1 Å². The van der Waals surface area contributed by atoms with Gasteiger partial charge in [0.05, 0.1) is 22.3 Å². The molecular weight excluding hydrogens is 381 g/mol. The highest BCUT2D eigenvalue weighted by molar-refractivity contribution is 6.36. The molecule has 0 amide bonds. The van der Waals surface area contributed by atoms with Gasteiger partial charge in [-0.25, -0.2) is 9.59 Å². The zero-order valence-corrected chi connectivity index (χ0v) is 16.0. The second kappa shape index (κ2) is 7.72. The second-order valence-corrected chi connectivity index (χ2v) is 6.78. The van der Waals surface area contributed by atoms with Crippen LogP contribution in [0.15, 0.2) is 16.9 Å². The van der Waals surface area contributed by atoms with Gasteiger partial charge in [-0.2, -0.15) is 4.68 Å². The van der Waals surface area contributed by atoms with Gasteiger partial charge >= 0.3 is 11.7 Å². The molecule has 9 heteroatoms. The van der Waals surface area contributed by atoms with Crippen LogP contribution in [0.3, 0.4) is 0 Å². The molecular formula is C17H19Cl2N3O4. The Morgan fingerprint density at radius 3 is 2.77 bits per heavy atom. The predicted octanol–water partition coefficient (Wildman–Crippen LogP) is 3.01. The molecule has 0 saturated heterocycles. The van der Waals surface area contributed by atoms with E-state index in [2.05, 4.69) is 5.10 Å². The van der Waals surface area contributed by atoms with E-state index in [0.29, 0.717) is 12.2 Å². The van der Waals surface area contributed by atoms with Crippen molar-refractivity contribution in [2.45, 2.75) is 45.8 Å². The van der Waals surface area contributed by atoms with Crippen LogP contribution in [-0.2, 0) is 22.5 Å². The van der Waals surface area contributed by atoms with Crippen molar-refractivity contribution < 1.29 is 14.3 Å². The molecule has 1 aliphatic rings.